The molecule has 0 aliphatic carbocycles. The lowest BCUT2D eigenvalue weighted by Gasteiger charge is -2.17. The molecule has 12 heteroatoms. The Hall–Kier alpha value is -3.24. The first-order chi connectivity index (χ1) is 15.6. The lowest BCUT2D eigenvalue weighted by atomic mass is 10.1. The lowest BCUT2D eigenvalue weighted by molar-refractivity contribution is -0.624. The Morgan fingerprint density at radius 3 is 2.76 bits per heavy atom. The predicted octanol–water partition coefficient (Wildman–Crippen LogP) is 3.01. The first-order valence-corrected chi connectivity index (χ1v) is 10.4. The zero-order chi connectivity index (χ0) is 24.2. The quantitative estimate of drug-likeness (QED) is 0.367. The molecule has 0 spiro atoms. The number of benzene rings is 1. The number of anilines is 1. The van der Waals surface area contributed by atoms with Crippen LogP contribution in [-0.2, 0) is 23.8 Å². The minimum atomic E-state index is -3.59. The van der Waals surface area contributed by atoms with E-state index < -0.39 is 42.0 Å². The summed E-state index contributed by atoms with van der Waals surface area (Å²) in [4.78, 5) is 28.8. The van der Waals surface area contributed by atoms with Crippen molar-refractivity contribution in [3.05, 3.63) is 91.3 Å². The van der Waals surface area contributed by atoms with E-state index in [0.29, 0.717) is 5.02 Å². The number of carbonyl (C=O) groups is 1. The number of nitrogens with zero attached hydrogens (tertiary/aromatic N) is 3. The molecule has 0 aliphatic heterocycles. The van der Waals surface area contributed by atoms with Crippen LogP contribution in [0.4, 0.5) is 14.6 Å². The standard InChI is InChI=1S/C21H19Cl2F2N5O3/c1-13-5-6-15(22)8-14(13)9-26-18(31)11-29-17(23)10-27-19(20(29)32)28-12-21(24,25)16-4-2-3-7-30(16)33/h2-8,10H,9,11-12H2,1H3,(H,26,31)(H,27,28). The predicted molar refractivity (Wildman–Crippen MR) is 119 cm³/mol. The van der Waals surface area contributed by atoms with E-state index in [2.05, 4.69) is 15.6 Å². The van der Waals surface area contributed by atoms with Gasteiger partial charge in [0.25, 0.3) is 11.3 Å². The molecule has 1 aromatic carbocycles. The van der Waals surface area contributed by atoms with Crippen LogP contribution in [0, 0.1) is 12.1 Å². The number of nitrogens with one attached hydrogen (secondary N) is 2. The van der Waals surface area contributed by atoms with Gasteiger partial charge in [0.15, 0.2) is 12.0 Å². The molecule has 8 nitrogen and oxygen atoms in total. The van der Waals surface area contributed by atoms with Gasteiger partial charge in [-0.2, -0.15) is 13.5 Å². The van der Waals surface area contributed by atoms with E-state index in [4.69, 9.17) is 23.2 Å². The Kier molecular flexibility index (Phi) is 7.50. The molecule has 33 heavy (non-hydrogen) atoms. The highest BCUT2D eigenvalue weighted by molar-refractivity contribution is 6.30. The number of aryl methyl sites for hydroxylation is 1. The molecule has 0 saturated heterocycles. The molecule has 0 unspecified atom stereocenters. The van der Waals surface area contributed by atoms with Crippen LogP contribution < -0.4 is 20.9 Å². The summed E-state index contributed by atoms with van der Waals surface area (Å²) < 4.78 is 29.8. The Morgan fingerprint density at radius 2 is 2.03 bits per heavy atom. The minimum Gasteiger partial charge on any atom is -0.618 e. The average molecular weight is 498 g/mol. The molecule has 174 valence electrons. The zero-order valence-electron chi connectivity index (χ0n) is 17.3. The van der Waals surface area contributed by atoms with Gasteiger partial charge >= 0.3 is 5.92 Å². The third-order valence-electron chi connectivity index (χ3n) is 4.77. The van der Waals surface area contributed by atoms with Crippen molar-refractivity contribution in [2.75, 3.05) is 11.9 Å². The van der Waals surface area contributed by atoms with Gasteiger partial charge < -0.3 is 15.8 Å². The molecule has 2 aromatic heterocycles. The van der Waals surface area contributed by atoms with Gasteiger partial charge in [0.05, 0.1) is 12.7 Å². The molecule has 2 heterocycles. The second kappa shape index (κ2) is 10.1. The summed E-state index contributed by atoms with van der Waals surface area (Å²) in [5.74, 6) is -4.56. The molecule has 0 atom stereocenters. The summed E-state index contributed by atoms with van der Waals surface area (Å²) in [7, 11) is 0. The third kappa shape index (κ3) is 5.96. The SMILES string of the molecule is Cc1ccc(Cl)cc1CNC(=O)Cn1c(Cl)cnc(NCC(F)(F)c2cccc[n+]2[O-])c1=O. The second-order valence-corrected chi connectivity index (χ2v) is 7.96. The lowest BCUT2D eigenvalue weighted by Crippen LogP contribution is -2.41. The number of hydrogen-bond donors (Lipinski definition) is 2. The summed E-state index contributed by atoms with van der Waals surface area (Å²) in [6, 6.07) is 8.85. The van der Waals surface area contributed by atoms with Crippen LogP contribution in [0.1, 0.15) is 16.8 Å². The van der Waals surface area contributed by atoms with Crippen LogP contribution in [0.5, 0.6) is 0 Å². The highest BCUT2D eigenvalue weighted by Gasteiger charge is 2.39. The van der Waals surface area contributed by atoms with Crippen molar-refractivity contribution in [1.82, 2.24) is 14.9 Å². The Balaban J connectivity index is 1.70. The van der Waals surface area contributed by atoms with Gasteiger partial charge in [-0.1, -0.05) is 29.3 Å². The maximum atomic E-state index is 14.4. The van der Waals surface area contributed by atoms with E-state index in [9.17, 15) is 23.6 Å². The molecular weight excluding hydrogens is 479 g/mol. The number of carbonyl (C=O) groups excluding carboxylic acids is 1. The molecule has 0 bridgehead atoms. The van der Waals surface area contributed by atoms with Crippen molar-refractivity contribution in [1.29, 1.82) is 0 Å². The maximum Gasteiger partial charge on any atom is 0.347 e. The largest absolute Gasteiger partial charge is 0.618 e. The Morgan fingerprint density at radius 1 is 1.27 bits per heavy atom. The summed E-state index contributed by atoms with van der Waals surface area (Å²) >= 11 is 12.0. The summed E-state index contributed by atoms with van der Waals surface area (Å²) in [6.45, 7) is 0.513. The Labute approximate surface area is 197 Å². The minimum absolute atomic E-state index is 0.0429. The molecule has 3 rings (SSSR count). The number of pyridine rings is 1. The third-order valence-corrected chi connectivity index (χ3v) is 5.31. The molecule has 0 fully saturated rings. The van der Waals surface area contributed by atoms with Gasteiger partial charge in [-0.05, 0) is 36.2 Å². The fraction of sp³-hybridized carbons (Fsp3) is 0.238. The molecule has 0 radical (unpaired) electrons. The second-order valence-electron chi connectivity index (χ2n) is 7.14. The fourth-order valence-electron chi connectivity index (χ4n) is 2.96. The van der Waals surface area contributed by atoms with Gasteiger partial charge in [-0.15, -0.1) is 0 Å². The summed E-state index contributed by atoms with van der Waals surface area (Å²) in [5.41, 5.74) is 0.0621. The molecule has 0 aliphatic rings. The molecule has 3 aromatic rings. The van der Waals surface area contributed by atoms with E-state index in [1.54, 1.807) is 12.1 Å². The number of rotatable bonds is 8. The van der Waals surface area contributed by atoms with Crippen molar-refractivity contribution in [2.24, 2.45) is 0 Å². The fourth-order valence-corrected chi connectivity index (χ4v) is 3.34. The van der Waals surface area contributed by atoms with Crippen molar-refractivity contribution < 1.29 is 18.3 Å². The number of amides is 1. The van der Waals surface area contributed by atoms with Crippen molar-refractivity contribution in [3.8, 4) is 0 Å². The first-order valence-electron chi connectivity index (χ1n) is 9.66. The molecule has 1 amide bonds. The highest BCUT2D eigenvalue weighted by atomic mass is 35.5. The van der Waals surface area contributed by atoms with Gasteiger partial charge in [-0.25, -0.2) is 4.98 Å². The van der Waals surface area contributed by atoms with Gasteiger partial charge in [0, 0.05) is 23.7 Å². The summed E-state index contributed by atoms with van der Waals surface area (Å²) in [6.07, 6.45) is 2.01. The smallest absolute Gasteiger partial charge is 0.347 e. The van der Waals surface area contributed by atoms with Gasteiger partial charge in [0.1, 0.15) is 11.7 Å². The molecular formula is C21H19Cl2F2N5O3. The van der Waals surface area contributed by atoms with E-state index in [0.717, 1.165) is 34.2 Å². The van der Waals surface area contributed by atoms with Crippen LogP contribution in [0.2, 0.25) is 10.2 Å². The number of aromatic nitrogens is 3. The van der Waals surface area contributed by atoms with E-state index in [1.807, 2.05) is 13.0 Å². The Bertz CT molecular complexity index is 1240. The van der Waals surface area contributed by atoms with Crippen molar-refractivity contribution >= 4 is 34.9 Å². The van der Waals surface area contributed by atoms with Crippen LogP contribution in [0.3, 0.4) is 0 Å². The number of hydrogen-bond acceptors (Lipinski definition) is 5. The van der Waals surface area contributed by atoms with Gasteiger partial charge in [0.2, 0.25) is 5.91 Å². The highest BCUT2D eigenvalue weighted by Crippen LogP contribution is 2.25. The van der Waals surface area contributed by atoms with E-state index in [1.165, 1.54) is 12.1 Å². The van der Waals surface area contributed by atoms with E-state index >= 15 is 0 Å². The van der Waals surface area contributed by atoms with Crippen molar-refractivity contribution in [2.45, 2.75) is 25.9 Å². The summed E-state index contributed by atoms with van der Waals surface area (Å²) in [5, 5.41) is 16.9. The van der Waals surface area contributed by atoms with Crippen LogP contribution in [0.25, 0.3) is 0 Å². The molecule has 0 saturated carbocycles. The maximum absolute atomic E-state index is 14.4. The van der Waals surface area contributed by atoms with Crippen LogP contribution >= 0.6 is 23.2 Å². The van der Waals surface area contributed by atoms with Crippen LogP contribution in [-0.4, -0.2) is 22.0 Å². The van der Waals surface area contributed by atoms with Crippen LogP contribution in [0.15, 0.2) is 53.6 Å². The average Bonchev–Trinajstić information content (AvgIpc) is 2.77. The van der Waals surface area contributed by atoms with E-state index in [-0.39, 0.29) is 16.4 Å². The number of alkyl halides is 2. The number of halogens is 4. The normalized spacial score (nSPS) is 11.3. The zero-order valence-corrected chi connectivity index (χ0v) is 18.8. The topological polar surface area (TPSA) is 103 Å². The van der Waals surface area contributed by atoms with Gasteiger partial charge in [-0.3, -0.25) is 14.2 Å². The molecule has 2 N–H and O–H groups in total. The monoisotopic (exact) mass is 497 g/mol. The van der Waals surface area contributed by atoms with Crippen molar-refractivity contribution in [3.63, 3.8) is 0 Å². The first kappa shape index (κ1) is 24.4.